The van der Waals surface area contributed by atoms with E-state index in [4.69, 9.17) is 9.15 Å². The van der Waals surface area contributed by atoms with Crippen LogP contribution < -0.4 is 15.5 Å². The van der Waals surface area contributed by atoms with E-state index in [2.05, 4.69) is 44.6 Å². The summed E-state index contributed by atoms with van der Waals surface area (Å²) in [6.07, 6.45) is 9.78. The van der Waals surface area contributed by atoms with Gasteiger partial charge in [-0.3, -0.25) is 4.79 Å². The van der Waals surface area contributed by atoms with Crippen molar-refractivity contribution >= 4 is 22.8 Å². The highest BCUT2D eigenvalue weighted by molar-refractivity contribution is 5.93. The molecule has 0 bridgehead atoms. The van der Waals surface area contributed by atoms with Crippen LogP contribution in [0, 0.1) is 5.92 Å². The molecular formula is C27H37N5O3. The standard InChI is InChI=1S/C21H25N5O2.C6H12O/c1-22-20(27)17-12-24-21(25-13-17)26-8-6-15(7-9-26)11-23-14-18-10-16-4-2-3-5-19(16)28-18;1-6-4-2-3-5-7-6/h2-5,10,12-13,15,23H,6-9,11,14H2,1H3,(H,22,27);6H,2-5H2,1H3. The number of nitrogens with zero attached hydrogens (tertiary/aromatic N) is 3. The molecule has 188 valence electrons. The summed E-state index contributed by atoms with van der Waals surface area (Å²) < 4.78 is 11.1. The Morgan fingerprint density at radius 1 is 1.11 bits per heavy atom. The number of amides is 1. The van der Waals surface area contributed by atoms with Crippen molar-refractivity contribution in [3.63, 3.8) is 0 Å². The van der Waals surface area contributed by atoms with Gasteiger partial charge in [0.2, 0.25) is 5.95 Å². The fourth-order valence-electron chi connectivity index (χ4n) is 4.51. The summed E-state index contributed by atoms with van der Waals surface area (Å²) >= 11 is 0. The number of para-hydroxylation sites is 1. The Labute approximate surface area is 207 Å². The number of nitrogens with one attached hydrogen (secondary N) is 2. The molecule has 0 aliphatic carbocycles. The molecule has 8 nitrogen and oxygen atoms in total. The van der Waals surface area contributed by atoms with Gasteiger partial charge in [0.1, 0.15) is 11.3 Å². The molecule has 35 heavy (non-hydrogen) atoms. The quantitative estimate of drug-likeness (QED) is 0.548. The van der Waals surface area contributed by atoms with Crippen LogP contribution in [0.2, 0.25) is 0 Å². The summed E-state index contributed by atoms with van der Waals surface area (Å²) in [5.74, 6) is 2.14. The van der Waals surface area contributed by atoms with Crippen LogP contribution in [-0.2, 0) is 11.3 Å². The largest absolute Gasteiger partial charge is 0.460 e. The van der Waals surface area contributed by atoms with Crippen molar-refractivity contribution in [3.05, 3.63) is 54.0 Å². The summed E-state index contributed by atoms with van der Waals surface area (Å²) in [4.78, 5) is 22.5. The van der Waals surface area contributed by atoms with Gasteiger partial charge in [0.15, 0.2) is 0 Å². The second kappa shape index (κ2) is 12.7. The number of rotatable bonds is 6. The molecule has 2 aliphatic rings. The first kappa shape index (κ1) is 25.1. The fourth-order valence-corrected chi connectivity index (χ4v) is 4.51. The van der Waals surface area contributed by atoms with E-state index >= 15 is 0 Å². The van der Waals surface area contributed by atoms with Crippen LogP contribution in [-0.4, -0.2) is 55.3 Å². The Hall–Kier alpha value is -2.97. The molecule has 5 rings (SSSR count). The monoisotopic (exact) mass is 479 g/mol. The van der Waals surface area contributed by atoms with Crippen LogP contribution in [0.5, 0.6) is 0 Å². The van der Waals surface area contributed by atoms with Crippen molar-refractivity contribution in [2.75, 3.05) is 38.2 Å². The van der Waals surface area contributed by atoms with Crippen molar-refractivity contribution in [2.45, 2.75) is 51.7 Å². The van der Waals surface area contributed by atoms with Crippen molar-refractivity contribution < 1.29 is 13.9 Å². The maximum Gasteiger partial charge on any atom is 0.254 e. The zero-order valence-electron chi connectivity index (χ0n) is 20.8. The third-order valence-electron chi connectivity index (χ3n) is 6.64. The molecular weight excluding hydrogens is 442 g/mol. The summed E-state index contributed by atoms with van der Waals surface area (Å²) in [5, 5.41) is 7.25. The number of furan rings is 1. The van der Waals surface area contributed by atoms with Gasteiger partial charge in [0.05, 0.1) is 18.2 Å². The van der Waals surface area contributed by atoms with E-state index in [1.165, 1.54) is 19.3 Å². The van der Waals surface area contributed by atoms with Crippen molar-refractivity contribution in [1.82, 2.24) is 20.6 Å². The molecule has 0 saturated carbocycles. The first-order chi connectivity index (χ1) is 17.1. The minimum absolute atomic E-state index is 0.166. The molecule has 0 radical (unpaired) electrons. The van der Waals surface area contributed by atoms with E-state index in [1.54, 1.807) is 19.4 Å². The number of aromatic nitrogens is 2. The normalized spacial score (nSPS) is 18.7. The summed E-state index contributed by atoms with van der Waals surface area (Å²) in [6, 6.07) is 10.2. The Morgan fingerprint density at radius 3 is 2.51 bits per heavy atom. The van der Waals surface area contributed by atoms with Crippen LogP contribution in [0.3, 0.4) is 0 Å². The minimum Gasteiger partial charge on any atom is -0.460 e. The lowest BCUT2D eigenvalue weighted by Gasteiger charge is -2.32. The second-order valence-corrected chi connectivity index (χ2v) is 9.34. The molecule has 1 atom stereocenters. The number of anilines is 1. The fraction of sp³-hybridized carbons (Fsp3) is 0.519. The van der Waals surface area contributed by atoms with Crippen LogP contribution >= 0.6 is 0 Å². The average Bonchev–Trinajstić information content (AvgIpc) is 3.32. The third kappa shape index (κ3) is 7.26. The first-order valence-corrected chi connectivity index (χ1v) is 12.7. The lowest BCUT2D eigenvalue weighted by atomic mass is 9.97. The predicted octanol–water partition coefficient (Wildman–Crippen LogP) is 4.16. The Morgan fingerprint density at radius 2 is 1.89 bits per heavy atom. The molecule has 1 unspecified atom stereocenters. The van der Waals surface area contributed by atoms with Gasteiger partial charge in [-0.15, -0.1) is 0 Å². The van der Waals surface area contributed by atoms with E-state index in [0.29, 0.717) is 23.5 Å². The van der Waals surface area contributed by atoms with Gasteiger partial charge in [-0.25, -0.2) is 9.97 Å². The number of fused-ring (bicyclic) bond motifs is 1. The molecule has 2 aromatic heterocycles. The van der Waals surface area contributed by atoms with Gasteiger partial charge in [-0.2, -0.15) is 0 Å². The molecule has 2 saturated heterocycles. The second-order valence-electron chi connectivity index (χ2n) is 9.34. The lowest BCUT2D eigenvalue weighted by molar-refractivity contribution is 0.0285. The zero-order valence-corrected chi connectivity index (χ0v) is 20.8. The van der Waals surface area contributed by atoms with Crippen molar-refractivity contribution in [1.29, 1.82) is 0 Å². The summed E-state index contributed by atoms with van der Waals surface area (Å²) in [5.41, 5.74) is 1.42. The summed E-state index contributed by atoms with van der Waals surface area (Å²) in [6.45, 7) is 6.70. The zero-order chi connectivity index (χ0) is 24.5. The number of carbonyl (C=O) groups excluding carboxylic acids is 1. The van der Waals surface area contributed by atoms with Gasteiger partial charge in [0.25, 0.3) is 5.91 Å². The highest BCUT2D eigenvalue weighted by Gasteiger charge is 2.21. The Bertz CT molecular complexity index is 1020. The number of hydrogen-bond donors (Lipinski definition) is 2. The first-order valence-electron chi connectivity index (χ1n) is 12.7. The molecule has 1 aromatic carbocycles. The number of carbonyl (C=O) groups is 1. The van der Waals surface area contributed by atoms with E-state index in [9.17, 15) is 4.79 Å². The predicted molar refractivity (Wildman–Crippen MR) is 138 cm³/mol. The van der Waals surface area contributed by atoms with Crippen LogP contribution in [0.15, 0.2) is 47.1 Å². The van der Waals surface area contributed by atoms with E-state index in [-0.39, 0.29) is 5.91 Å². The highest BCUT2D eigenvalue weighted by Crippen LogP contribution is 2.21. The van der Waals surface area contributed by atoms with Crippen LogP contribution in [0.1, 0.15) is 55.1 Å². The number of piperidine rings is 1. The van der Waals surface area contributed by atoms with E-state index in [1.807, 2.05) is 18.2 Å². The third-order valence-corrected chi connectivity index (χ3v) is 6.64. The highest BCUT2D eigenvalue weighted by atomic mass is 16.5. The minimum atomic E-state index is -0.166. The van der Waals surface area contributed by atoms with Gasteiger partial charge < -0.3 is 24.7 Å². The van der Waals surface area contributed by atoms with Gasteiger partial charge in [-0.05, 0) is 63.6 Å². The maximum atomic E-state index is 11.6. The molecule has 2 fully saturated rings. The molecule has 2 N–H and O–H groups in total. The van der Waals surface area contributed by atoms with Gasteiger partial charge >= 0.3 is 0 Å². The number of benzene rings is 1. The molecule has 0 spiro atoms. The van der Waals surface area contributed by atoms with Crippen molar-refractivity contribution in [3.8, 4) is 0 Å². The maximum absolute atomic E-state index is 11.6. The smallest absolute Gasteiger partial charge is 0.254 e. The van der Waals surface area contributed by atoms with Gasteiger partial charge in [-0.1, -0.05) is 18.2 Å². The molecule has 3 aromatic rings. The topological polar surface area (TPSA) is 92.5 Å². The Kier molecular flexibility index (Phi) is 9.08. The lowest BCUT2D eigenvalue weighted by Crippen LogP contribution is -2.38. The number of hydrogen-bond acceptors (Lipinski definition) is 7. The molecule has 8 heteroatoms. The molecule has 4 heterocycles. The summed E-state index contributed by atoms with van der Waals surface area (Å²) in [7, 11) is 1.60. The molecule has 2 aliphatic heterocycles. The van der Waals surface area contributed by atoms with Crippen molar-refractivity contribution in [2.24, 2.45) is 5.92 Å². The average molecular weight is 480 g/mol. The van der Waals surface area contributed by atoms with E-state index < -0.39 is 0 Å². The van der Waals surface area contributed by atoms with Crippen LogP contribution in [0.25, 0.3) is 11.0 Å². The SMILES string of the molecule is CC1CCCCO1.CNC(=O)c1cnc(N2CCC(CNCc3cc4ccccc4o3)CC2)nc1. The Balaban J connectivity index is 0.000000356. The number of ether oxygens (including phenoxy) is 1. The molecule has 1 amide bonds. The van der Waals surface area contributed by atoms with Gasteiger partial charge in [0, 0.05) is 44.5 Å². The van der Waals surface area contributed by atoms with E-state index in [0.717, 1.165) is 62.4 Å². The van der Waals surface area contributed by atoms with Crippen LogP contribution in [0.4, 0.5) is 5.95 Å².